The summed E-state index contributed by atoms with van der Waals surface area (Å²) in [7, 11) is 0. The molecule has 1 aliphatic rings. The second kappa shape index (κ2) is 9.82. The number of benzene rings is 2. The van der Waals surface area contributed by atoms with E-state index in [2.05, 4.69) is 10.3 Å². The summed E-state index contributed by atoms with van der Waals surface area (Å²) < 4.78 is 8.08. The Hall–Kier alpha value is -3.39. The van der Waals surface area contributed by atoms with E-state index in [1.54, 1.807) is 36.4 Å². The van der Waals surface area contributed by atoms with E-state index in [0.717, 1.165) is 15.9 Å². The van der Waals surface area contributed by atoms with E-state index in [1.807, 2.05) is 12.1 Å². The maximum Gasteiger partial charge on any atom is 0.354 e. The first-order valence-corrected chi connectivity index (χ1v) is 10.8. The summed E-state index contributed by atoms with van der Waals surface area (Å²) in [6.45, 7) is 0.866. The van der Waals surface area contributed by atoms with Crippen LogP contribution in [0.4, 0.5) is 11.6 Å². The van der Waals surface area contributed by atoms with Gasteiger partial charge in [-0.3, -0.25) is 4.57 Å². The first-order valence-electron chi connectivity index (χ1n) is 10.4. The normalized spacial score (nSPS) is 13.0. The Morgan fingerprint density at radius 1 is 1.06 bits per heavy atom. The smallest absolute Gasteiger partial charge is 0.354 e. The van der Waals surface area contributed by atoms with Crippen molar-refractivity contribution in [2.45, 2.75) is 32.4 Å². The lowest BCUT2D eigenvalue weighted by Crippen LogP contribution is -2.42. The van der Waals surface area contributed by atoms with Crippen molar-refractivity contribution in [3.63, 3.8) is 0 Å². The maximum atomic E-state index is 13.1. The Kier molecular flexibility index (Phi) is 6.70. The zero-order valence-corrected chi connectivity index (χ0v) is 18.1. The number of aromatic nitrogens is 3. The number of hydrogen-bond acceptors (Lipinski definition) is 6. The van der Waals surface area contributed by atoms with Crippen LogP contribution < -0.4 is 21.4 Å². The average Bonchev–Trinajstić information content (AvgIpc) is 3.62. The largest absolute Gasteiger partial charge is 0.493 e. The summed E-state index contributed by atoms with van der Waals surface area (Å²) in [5, 5.41) is 3.64. The van der Waals surface area contributed by atoms with Crippen molar-refractivity contribution in [2.24, 2.45) is 5.92 Å². The highest BCUT2D eigenvalue weighted by Gasteiger charge is 2.21. The lowest BCUT2D eigenvalue weighted by molar-refractivity contribution is -0.108. The fraction of sp³-hybridized carbons (Fsp3) is 0.304. The second-order valence-corrected chi connectivity index (χ2v) is 8.16. The molecular weight excluding hydrogens is 432 g/mol. The third kappa shape index (κ3) is 5.45. The number of anilines is 2. The number of carbonyl (C=O) groups excluding carboxylic acids is 1. The van der Waals surface area contributed by atoms with Crippen LogP contribution in [-0.2, 0) is 17.9 Å². The molecule has 0 unspecified atom stereocenters. The molecule has 8 nitrogen and oxygen atoms in total. The number of hydrogen-bond donors (Lipinski definition) is 1. The van der Waals surface area contributed by atoms with Crippen molar-refractivity contribution in [3.8, 4) is 5.75 Å². The third-order valence-corrected chi connectivity index (χ3v) is 5.42. The molecule has 3 aromatic rings. The molecule has 0 atom stereocenters. The van der Waals surface area contributed by atoms with Crippen LogP contribution in [0, 0.1) is 5.92 Å². The number of rotatable bonds is 10. The summed E-state index contributed by atoms with van der Waals surface area (Å²) in [5.74, 6) is 1.53. The Balaban J connectivity index is 1.62. The number of nitrogens with zero attached hydrogens (tertiary/aromatic N) is 3. The van der Waals surface area contributed by atoms with Crippen LogP contribution in [0.2, 0.25) is 5.02 Å². The topological polar surface area (TPSA) is 95.2 Å². The van der Waals surface area contributed by atoms with Gasteiger partial charge in [-0.1, -0.05) is 23.7 Å². The SMILES string of the molecule is O=CCCn1c(=O)nc(Nc2ccc(OCC3CC3)cc2)n(Cc2ccc(Cl)cc2)c1=O. The van der Waals surface area contributed by atoms with Crippen molar-refractivity contribution in [1.29, 1.82) is 0 Å². The van der Waals surface area contributed by atoms with Crippen molar-refractivity contribution >= 4 is 29.5 Å². The molecule has 0 aliphatic heterocycles. The number of ether oxygens (including phenoxy) is 1. The first kappa shape index (κ1) is 21.8. The van der Waals surface area contributed by atoms with Gasteiger partial charge in [-0.05, 0) is 60.7 Å². The van der Waals surface area contributed by atoms with Crippen molar-refractivity contribution in [2.75, 3.05) is 11.9 Å². The molecule has 9 heteroatoms. The van der Waals surface area contributed by atoms with Gasteiger partial charge in [0.15, 0.2) is 0 Å². The van der Waals surface area contributed by atoms with E-state index in [4.69, 9.17) is 16.3 Å². The quantitative estimate of drug-likeness (QED) is 0.472. The number of nitrogens with one attached hydrogen (secondary N) is 1. The van der Waals surface area contributed by atoms with Crippen molar-refractivity contribution in [1.82, 2.24) is 14.1 Å². The van der Waals surface area contributed by atoms with Gasteiger partial charge < -0.3 is 14.8 Å². The Labute approximate surface area is 189 Å². The predicted octanol–water partition coefficient (Wildman–Crippen LogP) is 3.23. The summed E-state index contributed by atoms with van der Waals surface area (Å²) >= 11 is 5.96. The van der Waals surface area contributed by atoms with Crippen molar-refractivity contribution in [3.05, 3.63) is 80.1 Å². The molecule has 0 spiro atoms. The van der Waals surface area contributed by atoms with Gasteiger partial charge in [0.1, 0.15) is 12.0 Å². The van der Waals surface area contributed by atoms with Gasteiger partial charge in [0, 0.05) is 23.7 Å². The Morgan fingerprint density at radius 2 is 1.78 bits per heavy atom. The number of halogens is 1. The summed E-state index contributed by atoms with van der Waals surface area (Å²) in [4.78, 5) is 40.4. The van der Waals surface area contributed by atoms with Crippen LogP contribution in [0.5, 0.6) is 5.75 Å². The van der Waals surface area contributed by atoms with Gasteiger partial charge in [-0.2, -0.15) is 4.98 Å². The fourth-order valence-electron chi connectivity index (χ4n) is 3.18. The molecule has 166 valence electrons. The van der Waals surface area contributed by atoms with Crippen LogP contribution >= 0.6 is 11.6 Å². The van der Waals surface area contributed by atoms with Gasteiger partial charge in [-0.15, -0.1) is 0 Å². The molecule has 1 heterocycles. The van der Waals surface area contributed by atoms with E-state index in [-0.39, 0.29) is 25.5 Å². The molecular formula is C23H23ClN4O4. The van der Waals surface area contributed by atoms with Crippen LogP contribution in [0.3, 0.4) is 0 Å². The number of aldehydes is 1. The highest BCUT2D eigenvalue weighted by atomic mass is 35.5. The van der Waals surface area contributed by atoms with E-state index in [0.29, 0.717) is 29.5 Å². The molecule has 1 fully saturated rings. The molecule has 4 rings (SSSR count). The van der Waals surface area contributed by atoms with Gasteiger partial charge in [0.2, 0.25) is 5.95 Å². The van der Waals surface area contributed by atoms with Gasteiger partial charge >= 0.3 is 11.4 Å². The van der Waals surface area contributed by atoms with E-state index in [1.165, 1.54) is 17.4 Å². The van der Waals surface area contributed by atoms with Gasteiger partial charge in [-0.25, -0.2) is 14.2 Å². The second-order valence-electron chi connectivity index (χ2n) is 7.72. The predicted molar refractivity (Wildman–Crippen MR) is 122 cm³/mol. The zero-order chi connectivity index (χ0) is 22.5. The molecule has 1 N–H and O–H groups in total. The molecule has 1 saturated carbocycles. The minimum Gasteiger partial charge on any atom is -0.493 e. The fourth-order valence-corrected chi connectivity index (χ4v) is 3.30. The first-order chi connectivity index (χ1) is 15.5. The Morgan fingerprint density at radius 3 is 2.44 bits per heavy atom. The van der Waals surface area contributed by atoms with Gasteiger partial charge in [0.25, 0.3) is 0 Å². The van der Waals surface area contributed by atoms with Crippen LogP contribution in [0.25, 0.3) is 0 Å². The van der Waals surface area contributed by atoms with E-state index < -0.39 is 11.4 Å². The minimum absolute atomic E-state index is 0.0257. The summed E-state index contributed by atoms with van der Waals surface area (Å²) in [6, 6.07) is 14.3. The van der Waals surface area contributed by atoms with Crippen LogP contribution in [-0.4, -0.2) is 27.0 Å². The maximum absolute atomic E-state index is 13.1. The van der Waals surface area contributed by atoms with Crippen molar-refractivity contribution < 1.29 is 9.53 Å². The molecule has 1 aliphatic carbocycles. The van der Waals surface area contributed by atoms with E-state index in [9.17, 15) is 14.4 Å². The number of carbonyl (C=O) groups is 1. The lowest BCUT2D eigenvalue weighted by atomic mass is 10.2. The summed E-state index contributed by atoms with van der Waals surface area (Å²) in [5.41, 5.74) is 0.209. The molecule has 0 saturated heterocycles. The van der Waals surface area contributed by atoms with Gasteiger partial charge in [0.05, 0.1) is 13.2 Å². The molecule has 0 radical (unpaired) electrons. The molecule has 0 bridgehead atoms. The monoisotopic (exact) mass is 454 g/mol. The zero-order valence-electron chi connectivity index (χ0n) is 17.4. The standard InChI is InChI=1S/C23H23ClN4O4/c24-18-6-4-16(5-7-18)14-28-21(26-22(30)27(23(28)31)12-1-13-29)25-19-8-10-20(11-9-19)32-15-17-2-3-17/h4-11,13,17H,1-3,12,14-15H2,(H,25,26,30). The molecule has 32 heavy (non-hydrogen) atoms. The lowest BCUT2D eigenvalue weighted by Gasteiger charge is -2.15. The Bertz CT molecular complexity index is 1200. The minimum atomic E-state index is -0.712. The molecule has 1 aromatic heterocycles. The third-order valence-electron chi connectivity index (χ3n) is 5.17. The van der Waals surface area contributed by atoms with Crippen LogP contribution in [0.15, 0.2) is 58.1 Å². The highest BCUT2D eigenvalue weighted by Crippen LogP contribution is 2.29. The molecule has 0 amide bonds. The molecule has 2 aromatic carbocycles. The average molecular weight is 455 g/mol. The van der Waals surface area contributed by atoms with Crippen LogP contribution in [0.1, 0.15) is 24.8 Å². The highest BCUT2D eigenvalue weighted by molar-refractivity contribution is 6.30. The summed E-state index contributed by atoms with van der Waals surface area (Å²) in [6.07, 6.45) is 3.14. The van der Waals surface area contributed by atoms with E-state index >= 15 is 0 Å².